The Morgan fingerprint density at radius 2 is 1.65 bits per heavy atom. The number of hydrogen-bond acceptors (Lipinski definition) is 5. The number of carbonyl (C=O) groups is 2. The van der Waals surface area contributed by atoms with E-state index in [1.807, 2.05) is 36.4 Å². The van der Waals surface area contributed by atoms with Crippen LogP contribution in [0.25, 0.3) is 23.0 Å². The number of amides is 1. The summed E-state index contributed by atoms with van der Waals surface area (Å²) in [5.74, 6) is -2.05. The van der Waals surface area contributed by atoms with Crippen LogP contribution in [0.15, 0.2) is 97.1 Å². The van der Waals surface area contributed by atoms with E-state index in [4.69, 9.17) is 0 Å². The van der Waals surface area contributed by atoms with Gasteiger partial charge in [-0.05, 0) is 42.5 Å². The van der Waals surface area contributed by atoms with Gasteiger partial charge < -0.3 is 15.2 Å². The van der Waals surface area contributed by atoms with Gasteiger partial charge in [-0.3, -0.25) is 9.78 Å². The van der Waals surface area contributed by atoms with Crippen molar-refractivity contribution in [1.82, 2.24) is 20.1 Å². The Labute approximate surface area is 178 Å². The molecule has 4 rings (SSSR count). The van der Waals surface area contributed by atoms with Crippen molar-refractivity contribution in [1.29, 1.82) is 0 Å². The Hall–Kier alpha value is -4.52. The molecule has 0 saturated carbocycles. The first-order valence-electron chi connectivity index (χ1n) is 9.47. The number of carbonyl (C=O) groups excluding carboxylic acids is 2. The lowest BCUT2D eigenvalue weighted by atomic mass is 10.1. The van der Waals surface area contributed by atoms with E-state index >= 15 is 0 Å². The average Bonchev–Trinajstić information content (AvgIpc) is 3.24. The number of hydrogen-bond donors (Lipinski definition) is 1. The van der Waals surface area contributed by atoms with Crippen molar-refractivity contribution in [2.45, 2.75) is 0 Å². The van der Waals surface area contributed by atoms with Gasteiger partial charge in [0.2, 0.25) is 0 Å². The Bertz CT molecular complexity index is 1230. The molecule has 0 aliphatic carbocycles. The first kappa shape index (κ1) is 19.8. The van der Waals surface area contributed by atoms with Gasteiger partial charge in [-0.25, -0.2) is 4.68 Å². The summed E-state index contributed by atoms with van der Waals surface area (Å²) in [5.41, 5.74) is 2.48. The number of nitrogens with zero attached hydrogens (tertiary/aromatic N) is 3. The van der Waals surface area contributed by atoms with Gasteiger partial charge in [0.1, 0.15) is 5.69 Å². The van der Waals surface area contributed by atoms with Crippen molar-refractivity contribution in [3.05, 3.63) is 108 Å². The zero-order valence-electron chi connectivity index (χ0n) is 16.3. The maximum absolute atomic E-state index is 12.5. The molecule has 7 nitrogen and oxygen atoms in total. The number of nitrogens with one attached hydrogen (secondary N) is 1. The summed E-state index contributed by atoms with van der Waals surface area (Å²) >= 11 is 0. The van der Waals surface area contributed by atoms with Crippen molar-refractivity contribution in [2.75, 3.05) is 0 Å². The molecule has 0 unspecified atom stereocenters. The number of para-hydroxylation sites is 1. The summed E-state index contributed by atoms with van der Waals surface area (Å²) in [6.07, 6.45) is 6.30. The molecule has 0 aliphatic heterocycles. The largest absolute Gasteiger partial charge is 0.543 e. The molecule has 2 aromatic heterocycles. The van der Waals surface area contributed by atoms with Gasteiger partial charge in [0.25, 0.3) is 5.91 Å². The first-order valence-corrected chi connectivity index (χ1v) is 9.47. The van der Waals surface area contributed by atoms with Crippen molar-refractivity contribution in [3.8, 4) is 16.9 Å². The smallest absolute Gasteiger partial charge is 0.255 e. The molecule has 0 aliphatic rings. The van der Waals surface area contributed by atoms with Crippen molar-refractivity contribution >= 4 is 18.0 Å². The molecule has 2 aromatic carbocycles. The second-order valence-corrected chi connectivity index (χ2v) is 6.62. The molecule has 7 heteroatoms. The zero-order valence-corrected chi connectivity index (χ0v) is 16.3. The van der Waals surface area contributed by atoms with Crippen LogP contribution in [0.3, 0.4) is 0 Å². The molecule has 0 radical (unpaired) electrons. The molecule has 0 atom stereocenters. The Morgan fingerprint density at radius 1 is 0.935 bits per heavy atom. The fourth-order valence-electron chi connectivity index (χ4n) is 3.02. The molecule has 0 spiro atoms. The van der Waals surface area contributed by atoms with Crippen LogP contribution in [0.4, 0.5) is 0 Å². The number of carboxylic acid groups (broad SMARTS) is 1. The molecular formula is C24H17N4O3-. The second kappa shape index (κ2) is 8.87. The molecule has 31 heavy (non-hydrogen) atoms. The van der Waals surface area contributed by atoms with Crippen LogP contribution >= 0.6 is 0 Å². The minimum absolute atomic E-state index is 0.335. The third-order valence-corrected chi connectivity index (χ3v) is 4.50. The van der Waals surface area contributed by atoms with Crippen LogP contribution in [0.5, 0.6) is 0 Å². The summed E-state index contributed by atoms with van der Waals surface area (Å²) < 4.78 is 1.64. The fourth-order valence-corrected chi connectivity index (χ4v) is 3.02. The van der Waals surface area contributed by atoms with E-state index in [2.05, 4.69) is 15.4 Å². The molecule has 2 heterocycles. The van der Waals surface area contributed by atoms with Crippen LogP contribution in [-0.4, -0.2) is 26.6 Å². The predicted molar refractivity (Wildman–Crippen MR) is 114 cm³/mol. The first-order chi connectivity index (χ1) is 15.1. The van der Waals surface area contributed by atoms with Gasteiger partial charge in [-0.15, -0.1) is 0 Å². The second-order valence-electron chi connectivity index (χ2n) is 6.62. The highest BCUT2D eigenvalue weighted by Gasteiger charge is 2.14. The highest BCUT2D eigenvalue weighted by molar-refractivity contribution is 6.02. The maximum atomic E-state index is 12.5. The number of pyridine rings is 1. The molecule has 0 fully saturated rings. The summed E-state index contributed by atoms with van der Waals surface area (Å²) in [6, 6.07) is 21.3. The van der Waals surface area contributed by atoms with E-state index in [-0.39, 0.29) is 5.70 Å². The summed E-state index contributed by atoms with van der Waals surface area (Å²) in [4.78, 5) is 28.3. The number of benzene rings is 2. The predicted octanol–water partition coefficient (Wildman–Crippen LogP) is 2.46. The van der Waals surface area contributed by atoms with Crippen molar-refractivity contribution in [2.24, 2.45) is 0 Å². The summed E-state index contributed by atoms with van der Waals surface area (Å²) in [7, 11) is 0. The third-order valence-electron chi connectivity index (χ3n) is 4.50. The minimum atomic E-state index is -1.51. The van der Waals surface area contributed by atoms with E-state index in [1.165, 1.54) is 6.08 Å². The topological polar surface area (TPSA) is 99.9 Å². The van der Waals surface area contributed by atoms with Gasteiger partial charge >= 0.3 is 0 Å². The van der Waals surface area contributed by atoms with Crippen molar-refractivity contribution < 1.29 is 14.7 Å². The SMILES string of the molecule is O=C([O-])/C(=C\c1cn(-c2ccccc2)nc1-c1cccnc1)NC(=O)c1ccccc1. The Balaban J connectivity index is 1.77. The summed E-state index contributed by atoms with van der Waals surface area (Å²) in [6.45, 7) is 0. The molecule has 152 valence electrons. The molecular weight excluding hydrogens is 392 g/mol. The van der Waals surface area contributed by atoms with E-state index in [0.29, 0.717) is 22.4 Å². The number of aliphatic carboxylic acids is 1. The molecule has 4 aromatic rings. The van der Waals surface area contributed by atoms with Gasteiger partial charge in [-0.2, -0.15) is 5.10 Å². The lowest BCUT2D eigenvalue weighted by Crippen LogP contribution is -2.35. The van der Waals surface area contributed by atoms with Gasteiger partial charge in [0.05, 0.1) is 17.4 Å². The lowest BCUT2D eigenvalue weighted by molar-refractivity contribution is -0.299. The van der Waals surface area contributed by atoms with Gasteiger partial charge in [0, 0.05) is 35.3 Å². The standard InChI is InChI=1S/C24H18N4O3/c29-23(17-8-3-1-4-9-17)26-21(24(30)31)14-19-16-28(20-11-5-2-6-12-20)27-22(19)18-10-7-13-25-15-18/h1-16H,(H,26,29)(H,30,31)/p-1/b21-14+. The number of rotatable bonds is 6. The van der Waals surface area contributed by atoms with E-state index in [0.717, 1.165) is 5.69 Å². The summed E-state index contributed by atoms with van der Waals surface area (Å²) in [5, 5.41) is 18.8. The Morgan fingerprint density at radius 3 is 2.29 bits per heavy atom. The molecule has 0 bridgehead atoms. The highest BCUT2D eigenvalue weighted by atomic mass is 16.4. The van der Waals surface area contributed by atoms with Crippen LogP contribution < -0.4 is 10.4 Å². The Kier molecular flexibility index (Phi) is 5.66. The van der Waals surface area contributed by atoms with Crippen LogP contribution in [-0.2, 0) is 4.79 Å². The quantitative estimate of drug-likeness (QED) is 0.493. The fraction of sp³-hybridized carbons (Fsp3) is 0. The van der Waals surface area contributed by atoms with E-state index < -0.39 is 11.9 Å². The van der Waals surface area contributed by atoms with Gasteiger partial charge in [0.15, 0.2) is 0 Å². The number of carboxylic acids is 1. The third kappa shape index (κ3) is 4.56. The highest BCUT2D eigenvalue weighted by Crippen LogP contribution is 2.25. The monoisotopic (exact) mass is 409 g/mol. The zero-order chi connectivity index (χ0) is 21.6. The molecule has 1 amide bonds. The van der Waals surface area contributed by atoms with E-state index in [1.54, 1.807) is 59.7 Å². The lowest BCUT2D eigenvalue weighted by Gasteiger charge is -2.11. The van der Waals surface area contributed by atoms with Crippen LogP contribution in [0, 0.1) is 0 Å². The maximum Gasteiger partial charge on any atom is 0.255 e. The van der Waals surface area contributed by atoms with Gasteiger partial charge in [-0.1, -0.05) is 36.4 Å². The van der Waals surface area contributed by atoms with Crippen LogP contribution in [0.1, 0.15) is 15.9 Å². The van der Waals surface area contributed by atoms with Crippen LogP contribution in [0.2, 0.25) is 0 Å². The minimum Gasteiger partial charge on any atom is -0.543 e. The molecule has 1 N–H and O–H groups in total. The van der Waals surface area contributed by atoms with Crippen molar-refractivity contribution in [3.63, 3.8) is 0 Å². The molecule has 0 saturated heterocycles. The average molecular weight is 409 g/mol. The van der Waals surface area contributed by atoms with E-state index in [9.17, 15) is 14.7 Å². The number of aromatic nitrogens is 3. The normalized spacial score (nSPS) is 11.2.